The normalized spacial score (nSPS) is 11.8. The number of halogens is 1. The lowest BCUT2D eigenvalue weighted by Crippen LogP contribution is -2.04. The summed E-state index contributed by atoms with van der Waals surface area (Å²) in [5, 5.41) is 12.3. The molecule has 3 nitrogen and oxygen atoms in total. The molecule has 1 heterocycles. The molecule has 0 aliphatic heterocycles. The molecule has 0 amide bonds. The highest BCUT2D eigenvalue weighted by Crippen LogP contribution is 2.13. The van der Waals surface area contributed by atoms with Crippen LogP contribution in [0.15, 0.2) is 46.0 Å². The molecule has 1 aromatic heterocycles. The van der Waals surface area contributed by atoms with Crippen LogP contribution < -0.4 is 0 Å². The molecular formula is C14H14FNO2. The first-order valence-corrected chi connectivity index (χ1v) is 5.77. The smallest absolute Gasteiger partial charge is 0.123 e. The molecule has 2 aromatic rings. The number of hydrogen-bond acceptors (Lipinski definition) is 3. The fourth-order valence-electron chi connectivity index (χ4n) is 1.71. The van der Waals surface area contributed by atoms with Gasteiger partial charge in [0.1, 0.15) is 17.3 Å². The quantitative estimate of drug-likeness (QED) is 0.511. The maximum absolute atomic E-state index is 12.8. The molecule has 0 fully saturated rings. The highest BCUT2D eigenvalue weighted by molar-refractivity contribution is 6.01. The lowest BCUT2D eigenvalue weighted by molar-refractivity contribution is 0.317. The van der Waals surface area contributed by atoms with Crippen molar-refractivity contribution in [3.05, 3.63) is 59.3 Å². The summed E-state index contributed by atoms with van der Waals surface area (Å²) in [5.74, 6) is 1.30. The minimum absolute atomic E-state index is 0.317. The van der Waals surface area contributed by atoms with Crippen molar-refractivity contribution < 1.29 is 14.0 Å². The molecule has 1 aromatic carbocycles. The third-order valence-electron chi connectivity index (χ3n) is 2.71. The predicted octanol–water partition coefficient (Wildman–Crippen LogP) is 3.40. The maximum Gasteiger partial charge on any atom is 0.123 e. The zero-order valence-corrected chi connectivity index (χ0v) is 10.1. The van der Waals surface area contributed by atoms with Crippen LogP contribution in [0.1, 0.15) is 24.0 Å². The number of hydrogen-bond donors (Lipinski definition) is 1. The highest BCUT2D eigenvalue weighted by atomic mass is 19.1. The number of oxime groups is 1. The first-order chi connectivity index (χ1) is 8.72. The van der Waals surface area contributed by atoms with E-state index >= 15 is 0 Å². The van der Waals surface area contributed by atoms with E-state index in [2.05, 4.69) is 5.16 Å². The highest BCUT2D eigenvalue weighted by Gasteiger charge is 2.09. The lowest BCUT2D eigenvalue weighted by Gasteiger charge is -2.02. The fraction of sp³-hybridized carbons (Fsp3) is 0.214. The van der Waals surface area contributed by atoms with Crippen LogP contribution in [0.2, 0.25) is 0 Å². The van der Waals surface area contributed by atoms with Crippen LogP contribution in [-0.4, -0.2) is 10.9 Å². The Labute approximate surface area is 105 Å². The van der Waals surface area contributed by atoms with Crippen molar-refractivity contribution in [1.29, 1.82) is 0 Å². The van der Waals surface area contributed by atoms with Crippen LogP contribution >= 0.6 is 0 Å². The van der Waals surface area contributed by atoms with Crippen molar-refractivity contribution in [1.82, 2.24) is 0 Å². The van der Waals surface area contributed by atoms with E-state index in [4.69, 9.17) is 9.62 Å². The standard InChI is InChI=1S/C14H14FNO2/c1-2-12-7-8-13(18-12)9-14(16-17)10-3-5-11(15)6-4-10/h3-8,17H,2,9H2,1H3. The van der Waals surface area contributed by atoms with Gasteiger partial charge in [0.05, 0.1) is 12.1 Å². The largest absolute Gasteiger partial charge is 0.466 e. The van der Waals surface area contributed by atoms with Gasteiger partial charge < -0.3 is 9.62 Å². The van der Waals surface area contributed by atoms with Gasteiger partial charge in [-0.1, -0.05) is 24.2 Å². The van der Waals surface area contributed by atoms with Crippen molar-refractivity contribution in [2.75, 3.05) is 0 Å². The summed E-state index contributed by atoms with van der Waals surface area (Å²) in [6.45, 7) is 2.00. The Balaban J connectivity index is 2.17. The van der Waals surface area contributed by atoms with Crippen molar-refractivity contribution in [3.63, 3.8) is 0 Å². The minimum Gasteiger partial charge on any atom is -0.466 e. The molecule has 18 heavy (non-hydrogen) atoms. The maximum atomic E-state index is 12.8. The first-order valence-electron chi connectivity index (χ1n) is 5.77. The number of furan rings is 1. The number of rotatable bonds is 4. The van der Waals surface area contributed by atoms with Crippen LogP contribution in [0.4, 0.5) is 4.39 Å². The van der Waals surface area contributed by atoms with Gasteiger partial charge in [-0.3, -0.25) is 0 Å². The van der Waals surface area contributed by atoms with Gasteiger partial charge in [-0.15, -0.1) is 0 Å². The lowest BCUT2D eigenvalue weighted by atomic mass is 10.1. The molecule has 4 heteroatoms. The summed E-state index contributed by atoms with van der Waals surface area (Å²) >= 11 is 0. The average Bonchev–Trinajstić information content (AvgIpc) is 2.85. The van der Waals surface area contributed by atoms with E-state index in [-0.39, 0.29) is 5.82 Å². The second kappa shape index (κ2) is 5.49. The van der Waals surface area contributed by atoms with Crippen LogP contribution in [-0.2, 0) is 12.8 Å². The van der Waals surface area contributed by atoms with E-state index in [0.29, 0.717) is 17.7 Å². The Hall–Kier alpha value is -2.10. The van der Waals surface area contributed by atoms with E-state index in [1.807, 2.05) is 19.1 Å². The summed E-state index contributed by atoms with van der Waals surface area (Å²) in [6, 6.07) is 9.57. The topological polar surface area (TPSA) is 45.7 Å². The summed E-state index contributed by atoms with van der Waals surface area (Å²) in [4.78, 5) is 0. The molecule has 0 radical (unpaired) electrons. The summed E-state index contributed by atoms with van der Waals surface area (Å²) in [6.07, 6.45) is 1.20. The van der Waals surface area contributed by atoms with Crippen LogP contribution in [0.3, 0.4) is 0 Å². The van der Waals surface area contributed by atoms with Gasteiger partial charge in [-0.25, -0.2) is 4.39 Å². The van der Waals surface area contributed by atoms with E-state index in [1.54, 1.807) is 12.1 Å². The van der Waals surface area contributed by atoms with Gasteiger partial charge >= 0.3 is 0 Å². The van der Waals surface area contributed by atoms with Gasteiger partial charge in [0.2, 0.25) is 0 Å². The van der Waals surface area contributed by atoms with Crippen molar-refractivity contribution in [2.45, 2.75) is 19.8 Å². The second-order valence-electron chi connectivity index (χ2n) is 3.95. The average molecular weight is 247 g/mol. The number of nitrogens with zero attached hydrogens (tertiary/aromatic N) is 1. The minimum atomic E-state index is -0.317. The first kappa shape index (κ1) is 12.4. The summed E-state index contributed by atoms with van der Waals surface area (Å²) < 4.78 is 18.4. The number of aryl methyl sites for hydroxylation is 1. The van der Waals surface area contributed by atoms with E-state index in [9.17, 15) is 4.39 Å². The number of benzene rings is 1. The van der Waals surface area contributed by atoms with Crippen LogP contribution in [0, 0.1) is 5.82 Å². The molecular weight excluding hydrogens is 233 g/mol. The second-order valence-corrected chi connectivity index (χ2v) is 3.95. The molecule has 0 aliphatic rings. The molecule has 0 bridgehead atoms. The molecule has 0 saturated heterocycles. The zero-order valence-electron chi connectivity index (χ0n) is 10.1. The summed E-state index contributed by atoms with van der Waals surface area (Å²) in [7, 11) is 0. The van der Waals surface area contributed by atoms with Crippen LogP contribution in [0.25, 0.3) is 0 Å². The molecule has 2 rings (SSSR count). The third kappa shape index (κ3) is 2.77. The SMILES string of the molecule is CCc1ccc(CC(=NO)c2ccc(F)cc2)o1. The molecule has 94 valence electrons. The van der Waals surface area contributed by atoms with Crippen molar-refractivity contribution in [3.8, 4) is 0 Å². The van der Waals surface area contributed by atoms with Crippen molar-refractivity contribution in [2.24, 2.45) is 5.16 Å². The van der Waals surface area contributed by atoms with Gasteiger partial charge in [-0.05, 0) is 29.8 Å². The van der Waals surface area contributed by atoms with Gasteiger partial charge in [-0.2, -0.15) is 0 Å². The molecule has 1 N–H and O–H groups in total. The molecule has 0 saturated carbocycles. The van der Waals surface area contributed by atoms with Crippen LogP contribution in [0.5, 0.6) is 0 Å². The Kier molecular flexibility index (Phi) is 3.77. The van der Waals surface area contributed by atoms with Crippen molar-refractivity contribution >= 4 is 5.71 Å². The zero-order chi connectivity index (χ0) is 13.0. The van der Waals surface area contributed by atoms with Gasteiger partial charge in [0.25, 0.3) is 0 Å². The third-order valence-corrected chi connectivity index (χ3v) is 2.71. The van der Waals surface area contributed by atoms with E-state index in [1.165, 1.54) is 12.1 Å². The summed E-state index contributed by atoms with van der Waals surface area (Å²) in [5.41, 5.74) is 1.13. The molecule has 0 aliphatic carbocycles. The molecule has 0 spiro atoms. The molecule has 0 atom stereocenters. The van der Waals surface area contributed by atoms with Gasteiger partial charge in [0, 0.05) is 6.42 Å². The van der Waals surface area contributed by atoms with Gasteiger partial charge in [0.15, 0.2) is 0 Å². The fourth-order valence-corrected chi connectivity index (χ4v) is 1.71. The Morgan fingerprint density at radius 3 is 2.39 bits per heavy atom. The Morgan fingerprint density at radius 2 is 1.83 bits per heavy atom. The van der Waals surface area contributed by atoms with E-state index in [0.717, 1.165) is 17.9 Å². The predicted molar refractivity (Wildman–Crippen MR) is 66.5 cm³/mol. The van der Waals surface area contributed by atoms with E-state index < -0.39 is 0 Å². The molecule has 0 unspecified atom stereocenters. The monoisotopic (exact) mass is 247 g/mol. The Morgan fingerprint density at radius 1 is 1.17 bits per heavy atom. The Bertz CT molecular complexity index is 543.